The minimum atomic E-state index is 0.116. The van der Waals surface area contributed by atoms with Gasteiger partial charge < -0.3 is 14.4 Å². The predicted molar refractivity (Wildman–Crippen MR) is 118 cm³/mol. The number of rotatable bonds is 5. The van der Waals surface area contributed by atoms with Crippen LogP contribution in [-0.2, 0) is 5.41 Å². The molecule has 0 saturated heterocycles. The second-order valence-electron chi connectivity index (χ2n) is 8.01. The van der Waals surface area contributed by atoms with Crippen LogP contribution in [-0.4, -0.2) is 14.2 Å². The highest BCUT2D eigenvalue weighted by Crippen LogP contribution is 2.42. The van der Waals surface area contributed by atoms with E-state index >= 15 is 0 Å². The van der Waals surface area contributed by atoms with E-state index in [9.17, 15) is 0 Å². The van der Waals surface area contributed by atoms with Gasteiger partial charge in [0.2, 0.25) is 0 Å². The lowest BCUT2D eigenvalue weighted by Gasteiger charge is -2.28. The molecular formula is C25H29NO2. The van der Waals surface area contributed by atoms with Gasteiger partial charge in [0.05, 0.1) is 19.9 Å². The van der Waals surface area contributed by atoms with Crippen molar-refractivity contribution in [2.24, 2.45) is 0 Å². The van der Waals surface area contributed by atoms with Gasteiger partial charge in [-0.15, -0.1) is 0 Å². The fourth-order valence-electron chi connectivity index (χ4n) is 3.20. The zero-order valence-corrected chi connectivity index (χ0v) is 17.6. The molecule has 28 heavy (non-hydrogen) atoms. The second-order valence-corrected chi connectivity index (χ2v) is 8.01. The van der Waals surface area contributed by atoms with E-state index < -0.39 is 0 Å². The number of ether oxygens (including phenoxy) is 2. The van der Waals surface area contributed by atoms with Crippen LogP contribution in [0, 0.1) is 6.92 Å². The van der Waals surface area contributed by atoms with Gasteiger partial charge in [0.25, 0.3) is 0 Å². The Bertz CT molecular complexity index is 922. The third-order valence-electron chi connectivity index (χ3n) is 4.91. The van der Waals surface area contributed by atoms with Gasteiger partial charge >= 0.3 is 0 Å². The lowest BCUT2D eigenvalue weighted by molar-refractivity contribution is 0.395. The lowest BCUT2D eigenvalue weighted by atomic mass is 9.87. The van der Waals surface area contributed by atoms with E-state index in [1.807, 2.05) is 18.2 Å². The van der Waals surface area contributed by atoms with Crippen molar-refractivity contribution >= 4 is 17.1 Å². The first-order valence-electron chi connectivity index (χ1n) is 9.53. The van der Waals surface area contributed by atoms with Crippen molar-refractivity contribution in [1.29, 1.82) is 0 Å². The molecule has 0 aliphatic heterocycles. The Morgan fingerprint density at radius 1 is 0.714 bits per heavy atom. The van der Waals surface area contributed by atoms with Gasteiger partial charge in [-0.25, -0.2) is 0 Å². The number of nitrogens with zero attached hydrogens (tertiary/aromatic N) is 1. The average molecular weight is 376 g/mol. The summed E-state index contributed by atoms with van der Waals surface area (Å²) in [6.45, 7) is 8.78. The fraction of sp³-hybridized carbons (Fsp3) is 0.280. The van der Waals surface area contributed by atoms with E-state index in [2.05, 4.69) is 81.1 Å². The molecule has 0 atom stereocenters. The molecule has 0 aliphatic carbocycles. The van der Waals surface area contributed by atoms with E-state index in [0.717, 1.165) is 28.6 Å². The molecule has 3 heteroatoms. The first-order valence-corrected chi connectivity index (χ1v) is 9.53. The summed E-state index contributed by atoms with van der Waals surface area (Å²) in [5.41, 5.74) is 5.79. The first-order chi connectivity index (χ1) is 13.3. The molecule has 146 valence electrons. The zero-order chi connectivity index (χ0) is 20.3. The molecule has 0 saturated carbocycles. The largest absolute Gasteiger partial charge is 0.497 e. The lowest BCUT2D eigenvalue weighted by Crippen LogP contribution is -2.13. The molecule has 0 bridgehead atoms. The maximum absolute atomic E-state index is 5.69. The van der Waals surface area contributed by atoms with E-state index in [0.29, 0.717) is 0 Å². The van der Waals surface area contributed by atoms with Crippen molar-refractivity contribution in [3.8, 4) is 11.5 Å². The number of benzene rings is 3. The number of hydrogen-bond donors (Lipinski definition) is 0. The molecular weight excluding hydrogens is 346 g/mol. The Morgan fingerprint density at radius 2 is 1.29 bits per heavy atom. The summed E-state index contributed by atoms with van der Waals surface area (Å²) >= 11 is 0. The summed E-state index contributed by atoms with van der Waals surface area (Å²) in [6, 6.07) is 23.2. The quantitative estimate of drug-likeness (QED) is 0.490. The molecule has 3 rings (SSSR count). The fourth-order valence-corrected chi connectivity index (χ4v) is 3.20. The highest BCUT2D eigenvalue weighted by atomic mass is 16.5. The summed E-state index contributed by atoms with van der Waals surface area (Å²) < 4.78 is 11.1. The molecule has 0 amide bonds. The molecule has 3 aromatic rings. The van der Waals surface area contributed by atoms with Gasteiger partial charge in [-0.3, -0.25) is 0 Å². The van der Waals surface area contributed by atoms with Gasteiger partial charge in [0, 0.05) is 17.4 Å². The molecule has 0 spiro atoms. The Balaban J connectivity index is 2.15. The van der Waals surface area contributed by atoms with Crippen molar-refractivity contribution in [2.75, 3.05) is 19.1 Å². The van der Waals surface area contributed by atoms with Crippen LogP contribution in [0.5, 0.6) is 11.5 Å². The molecule has 0 radical (unpaired) electrons. The van der Waals surface area contributed by atoms with E-state index in [1.54, 1.807) is 14.2 Å². The van der Waals surface area contributed by atoms with Crippen molar-refractivity contribution in [3.05, 3.63) is 77.9 Å². The summed E-state index contributed by atoms with van der Waals surface area (Å²) in [5.74, 6) is 1.53. The zero-order valence-electron chi connectivity index (χ0n) is 17.6. The van der Waals surface area contributed by atoms with Gasteiger partial charge in [-0.05, 0) is 54.3 Å². The van der Waals surface area contributed by atoms with Gasteiger partial charge in [0.15, 0.2) is 0 Å². The van der Waals surface area contributed by atoms with E-state index in [1.165, 1.54) is 11.1 Å². The summed E-state index contributed by atoms with van der Waals surface area (Å²) in [4.78, 5) is 2.21. The smallest absolute Gasteiger partial charge is 0.146 e. The van der Waals surface area contributed by atoms with E-state index in [-0.39, 0.29) is 5.41 Å². The first kappa shape index (κ1) is 19.8. The van der Waals surface area contributed by atoms with Crippen LogP contribution >= 0.6 is 0 Å². The van der Waals surface area contributed by atoms with Crippen LogP contribution < -0.4 is 14.4 Å². The molecule has 3 aromatic carbocycles. The third-order valence-corrected chi connectivity index (χ3v) is 4.91. The molecule has 0 aliphatic rings. The second kappa shape index (κ2) is 7.97. The summed E-state index contributed by atoms with van der Waals surface area (Å²) in [5, 5.41) is 0. The summed E-state index contributed by atoms with van der Waals surface area (Å²) in [6.07, 6.45) is 0. The Labute approximate surface area is 168 Å². The normalized spacial score (nSPS) is 11.2. The van der Waals surface area contributed by atoms with Crippen LogP contribution in [0.1, 0.15) is 31.9 Å². The molecule has 0 aromatic heterocycles. The number of hydrogen-bond acceptors (Lipinski definition) is 3. The third kappa shape index (κ3) is 4.14. The molecule has 3 nitrogen and oxygen atoms in total. The highest BCUT2D eigenvalue weighted by molar-refractivity contribution is 5.80. The Morgan fingerprint density at radius 3 is 1.79 bits per heavy atom. The van der Waals surface area contributed by atoms with Crippen LogP contribution in [0.2, 0.25) is 0 Å². The van der Waals surface area contributed by atoms with Crippen LogP contribution in [0.3, 0.4) is 0 Å². The number of anilines is 3. The van der Waals surface area contributed by atoms with Gasteiger partial charge in [-0.2, -0.15) is 0 Å². The number of methoxy groups -OCH3 is 2. The minimum absolute atomic E-state index is 0.116. The Kier molecular flexibility index (Phi) is 5.64. The molecule has 0 N–H and O–H groups in total. The predicted octanol–water partition coefficient (Wildman–Crippen LogP) is 6.78. The SMILES string of the molecule is COc1ccc(N(c2ccc(C)cc2)c2ccc(C(C)(C)C)cc2)c(OC)c1. The maximum Gasteiger partial charge on any atom is 0.146 e. The minimum Gasteiger partial charge on any atom is -0.497 e. The molecule has 0 heterocycles. The molecule has 0 fully saturated rings. The van der Waals surface area contributed by atoms with Crippen molar-refractivity contribution in [1.82, 2.24) is 0 Å². The van der Waals surface area contributed by atoms with Gasteiger partial charge in [0.1, 0.15) is 11.5 Å². The van der Waals surface area contributed by atoms with Crippen LogP contribution in [0.15, 0.2) is 66.7 Å². The summed E-state index contributed by atoms with van der Waals surface area (Å²) in [7, 11) is 3.35. The average Bonchev–Trinajstić information content (AvgIpc) is 2.69. The van der Waals surface area contributed by atoms with Crippen molar-refractivity contribution < 1.29 is 9.47 Å². The van der Waals surface area contributed by atoms with Crippen molar-refractivity contribution in [3.63, 3.8) is 0 Å². The topological polar surface area (TPSA) is 21.7 Å². The van der Waals surface area contributed by atoms with Crippen molar-refractivity contribution in [2.45, 2.75) is 33.1 Å². The standard InChI is InChI=1S/C25H29NO2/c1-18-7-11-20(12-8-18)26(21-13-9-19(10-14-21)25(2,3)4)23-16-15-22(27-5)17-24(23)28-6/h7-17H,1-6H3. The Hall–Kier alpha value is -2.94. The van der Waals surface area contributed by atoms with Gasteiger partial charge in [-0.1, -0.05) is 50.6 Å². The van der Waals surface area contributed by atoms with Crippen LogP contribution in [0.25, 0.3) is 0 Å². The monoisotopic (exact) mass is 375 g/mol. The van der Waals surface area contributed by atoms with Crippen LogP contribution in [0.4, 0.5) is 17.1 Å². The maximum atomic E-state index is 5.69. The number of aryl methyl sites for hydroxylation is 1. The molecule has 0 unspecified atom stereocenters. The highest BCUT2D eigenvalue weighted by Gasteiger charge is 2.19. The van der Waals surface area contributed by atoms with E-state index in [4.69, 9.17) is 9.47 Å².